The maximum absolute atomic E-state index is 6.21. The van der Waals surface area contributed by atoms with E-state index in [1.165, 1.54) is 52.0 Å². The average molecular weight is 299 g/mol. The van der Waals surface area contributed by atoms with E-state index in [9.17, 15) is 0 Å². The van der Waals surface area contributed by atoms with Gasteiger partial charge in [0, 0.05) is 12.1 Å². The standard InChI is InChI=1S/C17H38N4/c1-5-19(6-2)12-9-13-21(8-4)17(16-18)10-14-20(7-3)15-11-17/h5-16,18H2,1-4H3. The molecule has 0 bridgehead atoms. The zero-order valence-corrected chi connectivity index (χ0v) is 14.9. The summed E-state index contributed by atoms with van der Waals surface area (Å²) in [5.41, 5.74) is 6.47. The molecule has 1 aliphatic heterocycles. The highest BCUT2D eigenvalue weighted by Gasteiger charge is 2.37. The van der Waals surface area contributed by atoms with Crippen LogP contribution in [0, 0.1) is 0 Å². The average Bonchev–Trinajstić information content (AvgIpc) is 2.55. The summed E-state index contributed by atoms with van der Waals surface area (Å²) in [7, 11) is 0. The molecular formula is C17H38N4. The second-order valence-electron chi connectivity index (χ2n) is 6.32. The van der Waals surface area contributed by atoms with Gasteiger partial charge in [0.2, 0.25) is 0 Å². The van der Waals surface area contributed by atoms with Crippen molar-refractivity contribution in [2.75, 3.05) is 58.9 Å². The summed E-state index contributed by atoms with van der Waals surface area (Å²) in [4.78, 5) is 7.74. The van der Waals surface area contributed by atoms with Gasteiger partial charge in [-0.3, -0.25) is 4.90 Å². The van der Waals surface area contributed by atoms with E-state index in [4.69, 9.17) is 5.73 Å². The highest BCUT2D eigenvalue weighted by atomic mass is 15.2. The van der Waals surface area contributed by atoms with Crippen LogP contribution in [0.2, 0.25) is 0 Å². The molecule has 0 aromatic heterocycles. The van der Waals surface area contributed by atoms with Gasteiger partial charge in [-0.2, -0.15) is 0 Å². The Labute approximate surface area is 132 Å². The molecule has 0 aliphatic carbocycles. The minimum absolute atomic E-state index is 0.254. The smallest absolute Gasteiger partial charge is 0.0355 e. The van der Waals surface area contributed by atoms with Crippen LogP contribution in [0.25, 0.3) is 0 Å². The summed E-state index contributed by atoms with van der Waals surface area (Å²) in [5.74, 6) is 0. The van der Waals surface area contributed by atoms with E-state index in [0.717, 1.165) is 26.2 Å². The van der Waals surface area contributed by atoms with Gasteiger partial charge in [0.05, 0.1) is 0 Å². The first-order valence-corrected chi connectivity index (χ1v) is 9.05. The second-order valence-corrected chi connectivity index (χ2v) is 6.32. The Bertz CT molecular complexity index is 258. The van der Waals surface area contributed by atoms with Crippen molar-refractivity contribution in [3.8, 4) is 0 Å². The molecule has 2 N–H and O–H groups in total. The van der Waals surface area contributed by atoms with Crippen LogP contribution >= 0.6 is 0 Å². The van der Waals surface area contributed by atoms with Gasteiger partial charge in [-0.15, -0.1) is 0 Å². The number of rotatable bonds is 10. The maximum Gasteiger partial charge on any atom is 0.0355 e. The third-order valence-corrected chi connectivity index (χ3v) is 5.46. The lowest BCUT2D eigenvalue weighted by molar-refractivity contribution is 0.0292. The largest absolute Gasteiger partial charge is 0.329 e. The second kappa shape index (κ2) is 9.78. The summed E-state index contributed by atoms with van der Waals surface area (Å²) in [6.07, 6.45) is 3.72. The topological polar surface area (TPSA) is 35.7 Å². The van der Waals surface area contributed by atoms with Gasteiger partial charge in [-0.05, 0) is 71.6 Å². The van der Waals surface area contributed by atoms with Crippen molar-refractivity contribution in [3.63, 3.8) is 0 Å². The first-order valence-electron chi connectivity index (χ1n) is 9.05. The number of piperidine rings is 1. The summed E-state index contributed by atoms with van der Waals surface area (Å²) in [5, 5.41) is 0. The highest BCUT2D eigenvalue weighted by molar-refractivity contribution is 4.96. The summed E-state index contributed by atoms with van der Waals surface area (Å²) in [6.45, 7) is 19.3. The molecule has 0 aromatic carbocycles. The van der Waals surface area contributed by atoms with Gasteiger partial charge >= 0.3 is 0 Å². The van der Waals surface area contributed by atoms with Crippen LogP contribution in [-0.4, -0.2) is 79.1 Å². The molecule has 0 unspecified atom stereocenters. The molecule has 1 heterocycles. The van der Waals surface area contributed by atoms with E-state index in [2.05, 4.69) is 42.4 Å². The Balaban J connectivity index is 2.51. The molecule has 4 heteroatoms. The molecule has 21 heavy (non-hydrogen) atoms. The van der Waals surface area contributed by atoms with Crippen molar-refractivity contribution in [2.24, 2.45) is 5.73 Å². The first kappa shape index (κ1) is 18.9. The van der Waals surface area contributed by atoms with Crippen LogP contribution in [0.4, 0.5) is 0 Å². The summed E-state index contributed by atoms with van der Waals surface area (Å²) >= 11 is 0. The van der Waals surface area contributed by atoms with E-state index >= 15 is 0 Å². The monoisotopic (exact) mass is 298 g/mol. The van der Waals surface area contributed by atoms with Gasteiger partial charge in [0.1, 0.15) is 0 Å². The van der Waals surface area contributed by atoms with Gasteiger partial charge in [-0.25, -0.2) is 0 Å². The molecule has 0 aromatic rings. The van der Waals surface area contributed by atoms with Gasteiger partial charge in [-0.1, -0.05) is 27.7 Å². The minimum atomic E-state index is 0.254. The molecule has 1 aliphatic rings. The lowest BCUT2D eigenvalue weighted by Gasteiger charge is -2.48. The maximum atomic E-state index is 6.21. The van der Waals surface area contributed by atoms with Crippen LogP contribution in [0.15, 0.2) is 0 Å². The molecule has 1 fully saturated rings. The van der Waals surface area contributed by atoms with Crippen LogP contribution in [0.5, 0.6) is 0 Å². The van der Waals surface area contributed by atoms with Crippen LogP contribution in [0.1, 0.15) is 47.0 Å². The van der Waals surface area contributed by atoms with E-state index in [1.807, 2.05) is 0 Å². The molecule has 0 atom stereocenters. The fraction of sp³-hybridized carbons (Fsp3) is 1.00. The first-order chi connectivity index (χ1) is 10.2. The predicted molar refractivity (Wildman–Crippen MR) is 92.8 cm³/mol. The SMILES string of the molecule is CCN(CC)CCCN(CC)C1(CN)CCN(CC)CC1. The molecule has 0 amide bonds. The Morgan fingerprint density at radius 1 is 0.952 bits per heavy atom. The molecule has 1 rings (SSSR count). The van der Waals surface area contributed by atoms with E-state index in [0.29, 0.717) is 0 Å². The Kier molecular flexibility index (Phi) is 8.79. The highest BCUT2D eigenvalue weighted by Crippen LogP contribution is 2.28. The van der Waals surface area contributed by atoms with Crippen molar-refractivity contribution in [3.05, 3.63) is 0 Å². The van der Waals surface area contributed by atoms with E-state index < -0.39 is 0 Å². The fourth-order valence-electron chi connectivity index (χ4n) is 3.69. The normalized spacial score (nSPS) is 19.6. The molecule has 0 radical (unpaired) electrons. The van der Waals surface area contributed by atoms with Crippen LogP contribution in [-0.2, 0) is 0 Å². The number of likely N-dealkylation sites (N-methyl/N-ethyl adjacent to an activating group) is 1. The van der Waals surface area contributed by atoms with Crippen molar-refractivity contribution >= 4 is 0 Å². The Morgan fingerprint density at radius 2 is 1.57 bits per heavy atom. The van der Waals surface area contributed by atoms with Crippen LogP contribution < -0.4 is 5.73 Å². The van der Waals surface area contributed by atoms with E-state index in [-0.39, 0.29) is 5.54 Å². The molecule has 0 saturated carbocycles. The zero-order valence-electron chi connectivity index (χ0n) is 14.9. The number of hydrogen-bond acceptors (Lipinski definition) is 4. The van der Waals surface area contributed by atoms with Crippen molar-refractivity contribution < 1.29 is 0 Å². The number of likely N-dealkylation sites (tertiary alicyclic amines) is 1. The number of nitrogens with zero attached hydrogens (tertiary/aromatic N) is 3. The molecular weight excluding hydrogens is 260 g/mol. The third kappa shape index (κ3) is 5.20. The summed E-state index contributed by atoms with van der Waals surface area (Å²) < 4.78 is 0. The molecule has 1 saturated heterocycles. The predicted octanol–water partition coefficient (Wildman–Crippen LogP) is 1.85. The van der Waals surface area contributed by atoms with Crippen molar-refractivity contribution in [1.82, 2.24) is 14.7 Å². The lowest BCUT2D eigenvalue weighted by atomic mass is 9.85. The quantitative estimate of drug-likeness (QED) is 0.668. The van der Waals surface area contributed by atoms with Crippen molar-refractivity contribution in [2.45, 2.75) is 52.5 Å². The van der Waals surface area contributed by atoms with Gasteiger partial charge in [0.15, 0.2) is 0 Å². The number of hydrogen-bond donors (Lipinski definition) is 1. The van der Waals surface area contributed by atoms with E-state index in [1.54, 1.807) is 0 Å². The molecule has 0 spiro atoms. The Morgan fingerprint density at radius 3 is 2.00 bits per heavy atom. The van der Waals surface area contributed by atoms with Gasteiger partial charge in [0.25, 0.3) is 0 Å². The molecule has 4 nitrogen and oxygen atoms in total. The third-order valence-electron chi connectivity index (χ3n) is 5.46. The minimum Gasteiger partial charge on any atom is -0.329 e. The Hall–Kier alpha value is -0.160. The zero-order chi connectivity index (χ0) is 15.7. The fourth-order valence-corrected chi connectivity index (χ4v) is 3.69. The number of nitrogens with two attached hydrogens (primary N) is 1. The molecule has 126 valence electrons. The van der Waals surface area contributed by atoms with Crippen molar-refractivity contribution in [1.29, 1.82) is 0 Å². The summed E-state index contributed by atoms with van der Waals surface area (Å²) in [6, 6.07) is 0. The van der Waals surface area contributed by atoms with Crippen LogP contribution in [0.3, 0.4) is 0 Å². The lowest BCUT2D eigenvalue weighted by Crippen LogP contribution is -2.59. The van der Waals surface area contributed by atoms with Gasteiger partial charge < -0.3 is 15.5 Å².